The Morgan fingerprint density at radius 1 is 1.29 bits per heavy atom. The molecule has 6 nitrogen and oxygen atoms in total. The van der Waals surface area contributed by atoms with Gasteiger partial charge < -0.3 is 19.7 Å². The second-order valence-electron chi connectivity index (χ2n) is 6.88. The van der Waals surface area contributed by atoms with E-state index in [0.717, 1.165) is 12.8 Å². The van der Waals surface area contributed by atoms with Crippen LogP contribution in [0, 0.1) is 0 Å². The Morgan fingerprint density at radius 3 is 2.67 bits per heavy atom. The lowest BCUT2D eigenvalue weighted by atomic mass is 10.1. The van der Waals surface area contributed by atoms with Crippen LogP contribution in [0.2, 0.25) is 0 Å². The van der Waals surface area contributed by atoms with Crippen LogP contribution in [0.25, 0.3) is 0 Å². The van der Waals surface area contributed by atoms with Gasteiger partial charge in [0.2, 0.25) is 0 Å². The van der Waals surface area contributed by atoms with E-state index in [-0.39, 0.29) is 18.0 Å². The van der Waals surface area contributed by atoms with Gasteiger partial charge in [-0.15, -0.1) is 0 Å². The van der Waals surface area contributed by atoms with Gasteiger partial charge in [-0.05, 0) is 45.7 Å². The second-order valence-corrected chi connectivity index (χ2v) is 6.88. The summed E-state index contributed by atoms with van der Waals surface area (Å²) in [5.41, 5.74) is -0.0351. The highest BCUT2D eigenvalue weighted by molar-refractivity contribution is 5.96. The maximum Gasteiger partial charge on any atom is 0.410 e. The Hall–Kier alpha value is -2.24. The molecule has 24 heavy (non-hydrogen) atoms. The maximum atomic E-state index is 12.4. The second kappa shape index (κ2) is 7.55. The SMILES string of the molecule is COc1ccccc1C(=O)NC[C@H]1CCCN1C(=O)OC(C)(C)C. The van der Waals surface area contributed by atoms with Gasteiger partial charge in [0.05, 0.1) is 18.7 Å². The van der Waals surface area contributed by atoms with Crippen molar-refractivity contribution >= 4 is 12.0 Å². The molecule has 6 heteroatoms. The minimum absolute atomic E-state index is 0.0430. The molecule has 1 aliphatic heterocycles. The molecule has 0 unspecified atom stereocenters. The first kappa shape index (κ1) is 18.1. The molecule has 1 aromatic carbocycles. The van der Waals surface area contributed by atoms with Gasteiger partial charge in [0.1, 0.15) is 11.4 Å². The van der Waals surface area contributed by atoms with E-state index in [1.807, 2.05) is 26.8 Å². The van der Waals surface area contributed by atoms with Gasteiger partial charge in [-0.1, -0.05) is 12.1 Å². The molecular formula is C18H26N2O4. The number of hydrogen-bond acceptors (Lipinski definition) is 4. The van der Waals surface area contributed by atoms with Gasteiger partial charge in [0.25, 0.3) is 5.91 Å². The molecule has 2 rings (SSSR count). The number of carbonyl (C=O) groups is 2. The van der Waals surface area contributed by atoms with Crippen LogP contribution < -0.4 is 10.1 Å². The minimum atomic E-state index is -0.523. The summed E-state index contributed by atoms with van der Waals surface area (Å²) in [7, 11) is 1.54. The third-order valence-corrected chi connectivity index (χ3v) is 3.85. The lowest BCUT2D eigenvalue weighted by Crippen LogP contribution is -2.45. The summed E-state index contributed by atoms with van der Waals surface area (Å²) >= 11 is 0. The van der Waals surface area contributed by atoms with Crippen LogP contribution in [-0.4, -0.2) is 48.7 Å². The molecular weight excluding hydrogens is 308 g/mol. The first-order valence-corrected chi connectivity index (χ1v) is 8.22. The average molecular weight is 334 g/mol. The number of carbonyl (C=O) groups excluding carboxylic acids is 2. The predicted molar refractivity (Wildman–Crippen MR) is 91.3 cm³/mol. The van der Waals surface area contributed by atoms with E-state index in [1.54, 1.807) is 23.1 Å². The first-order valence-electron chi connectivity index (χ1n) is 8.22. The quantitative estimate of drug-likeness (QED) is 0.919. The van der Waals surface area contributed by atoms with Crippen LogP contribution in [0.5, 0.6) is 5.75 Å². The first-order chi connectivity index (χ1) is 11.3. The third kappa shape index (κ3) is 4.63. The van der Waals surface area contributed by atoms with Crippen molar-refractivity contribution in [3.05, 3.63) is 29.8 Å². The molecule has 1 aromatic rings. The van der Waals surface area contributed by atoms with E-state index in [0.29, 0.717) is 24.4 Å². The Labute approximate surface area is 143 Å². The predicted octanol–water partition coefficient (Wildman–Crippen LogP) is 2.82. The topological polar surface area (TPSA) is 67.9 Å². The Balaban J connectivity index is 1.95. The van der Waals surface area contributed by atoms with E-state index in [1.165, 1.54) is 7.11 Å². The Kier molecular flexibility index (Phi) is 5.70. The Bertz CT molecular complexity index is 595. The van der Waals surface area contributed by atoms with Crippen LogP contribution in [0.4, 0.5) is 4.79 Å². The molecule has 1 heterocycles. The van der Waals surface area contributed by atoms with Crippen molar-refractivity contribution in [1.82, 2.24) is 10.2 Å². The molecule has 1 fully saturated rings. The van der Waals surface area contributed by atoms with Crippen molar-refractivity contribution in [3.63, 3.8) is 0 Å². The van der Waals surface area contributed by atoms with E-state index >= 15 is 0 Å². The zero-order valence-electron chi connectivity index (χ0n) is 14.8. The number of nitrogens with zero attached hydrogens (tertiary/aromatic N) is 1. The molecule has 0 bridgehead atoms. The zero-order chi connectivity index (χ0) is 17.7. The van der Waals surface area contributed by atoms with Crippen molar-refractivity contribution in [2.24, 2.45) is 0 Å². The van der Waals surface area contributed by atoms with Crippen molar-refractivity contribution in [3.8, 4) is 5.75 Å². The fourth-order valence-electron chi connectivity index (χ4n) is 2.75. The van der Waals surface area contributed by atoms with E-state index in [9.17, 15) is 9.59 Å². The normalized spacial score (nSPS) is 17.5. The number of benzene rings is 1. The summed E-state index contributed by atoms with van der Waals surface area (Å²) in [4.78, 5) is 26.3. The van der Waals surface area contributed by atoms with Crippen LogP contribution in [-0.2, 0) is 4.74 Å². The van der Waals surface area contributed by atoms with Gasteiger partial charge in [0.15, 0.2) is 0 Å². The molecule has 0 spiro atoms. The molecule has 1 saturated heterocycles. The highest BCUT2D eigenvalue weighted by Crippen LogP contribution is 2.21. The van der Waals surface area contributed by atoms with Gasteiger partial charge in [-0.3, -0.25) is 4.79 Å². The zero-order valence-corrected chi connectivity index (χ0v) is 14.8. The fraction of sp³-hybridized carbons (Fsp3) is 0.556. The average Bonchev–Trinajstić information content (AvgIpc) is 2.99. The summed E-state index contributed by atoms with van der Waals surface area (Å²) in [6.45, 7) is 6.60. The van der Waals surface area contributed by atoms with Gasteiger partial charge in [-0.2, -0.15) is 0 Å². The largest absolute Gasteiger partial charge is 0.496 e. The highest BCUT2D eigenvalue weighted by Gasteiger charge is 2.32. The summed E-state index contributed by atoms with van der Waals surface area (Å²) in [6, 6.07) is 7.03. The number of hydrogen-bond donors (Lipinski definition) is 1. The van der Waals surface area contributed by atoms with Gasteiger partial charge in [0, 0.05) is 13.1 Å². The summed E-state index contributed by atoms with van der Waals surface area (Å²) < 4.78 is 10.6. The van der Waals surface area contributed by atoms with Crippen LogP contribution >= 0.6 is 0 Å². The van der Waals surface area contributed by atoms with E-state index < -0.39 is 5.60 Å². The molecule has 2 amide bonds. The van der Waals surface area contributed by atoms with Crippen molar-refractivity contribution in [1.29, 1.82) is 0 Å². The number of methoxy groups -OCH3 is 1. The van der Waals surface area contributed by atoms with Crippen LogP contribution in [0.15, 0.2) is 24.3 Å². The highest BCUT2D eigenvalue weighted by atomic mass is 16.6. The molecule has 1 N–H and O–H groups in total. The number of amides is 2. The number of para-hydroxylation sites is 1. The summed E-state index contributed by atoms with van der Waals surface area (Å²) in [6.07, 6.45) is 1.44. The monoisotopic (exact) mass is 334 g/mol. The van der Waals surface area contributed by atoms with Gasteiger partial charge in [-0.25, -0.2) is 4.79 Å². The number of likely N-dealkylation sites (tertiary alicyclic amines) is 1. The molecule has 1 atom stereocenters. The lowest BCUT2D eigenvalue weighted by Gasteiger charge is -2.28. The molecule has 0 saturated carbocycles. The summed E-state index contributed by atoms with van der Waals surface area (Å²) in [5, 5.41) is 2.89. The van der Waals surface area contributed by atoms with E-state index in [2.05, 4.69) is 5.32 Å². The van der Waals surface area contributed by atoms with Crippen molar-refractivity contribution in [2.45, 2.75) is 45.3 Å². The molecule has 0 radical (unpaired) electrons. The minimum Gasteiger partial charge on any atom is -0.496 e. The number of rotatable bonds is 4. The van der Waals surface area contributed by atoms with Gasteiger partial charge >= 0.3 is 6.09 Å². The maximum absolute atomic E-state index is 12.4. The van der Waals surface area contributed by atoms with E-state index in [4.69, 9.17) is 9.47 Å². The fourth-order valence-corrected chi connectivity index (χ4v) is 2.75. The standard InChI is InChI=1S/C18H26N2O4/c1-18(2,3)24-17(22)20-11-7-8-13(20)12-19-16(21)14-9-5-6-10-15(14)23-4/h5-6,9-10,13H,7-8,11-12H2,1-4H3,(H,19,21)/t13-/m1/s1. The lowest BCUT2D eigenvalue weighted by molar-refractivity contribution is 0.0225. The van der Waals surface area contributed by atoms with Crippen molar-refractivity contribution in [2.75, 3.05) is 20.2 Å². The summed E-state index contributed by atoms with van der Waals surface area (Å²) in [5.74, 6) is 0.328. The van der Waals surface area contributed by atoms with Crippen LogP contribution in [0.1, 0.15) is 44.0 Å². The number of ether oxygens (including phenoxy) is 2. The smallest absolute Gasteiger partial charge is 0.410 e. The van der Waals surface area contributed by atoms with Crippen molar-refractivity contribution < 1.29 is 19.1 Å². The molecule has 1 aliphatic rings. The third-order valence-electron chi connectivity index (χ3n) is 3.85. The Morgan fingerprint density at radius 2 is 2.00 bits per heavy atom. The molecule has 0 aliphatic carbocycles. The van der Waals surface area contributed by atoms with Crippen LogP contribution in [0.3, 0.4) is 0 Å². The molecule has 0 aromatic heterocycles. The number of nitrogens with one attached hydrogen (secondary N) is 1. The molecule has 132 valence electrons.